The lowest BCUT2D eigenvalue weighted by Gasteiger charge is -2.43. The summed E-state index contributed by atoms with van der Waals surface area (Å²) in [6.07, 6.45) is -2.70. The lowest BCUT2D eigenvalue weighted by atomic mass is 9.93. The number of methoxy groups -OCH3 is 1. The van der Waals surface area contributed by atoms with Crippen molar-refractivity contribution >= 4 is 11.9 Å². The van der Waals surface area contributed by atoms with Gasteiger partial charge in [-0.1, -0.05) is 6.07 Å². The number of nitrogens with zero attached hydrogens (tertiary/aromatic N) is 2. The van der Waals surface area contributed by atoms with Crippen molar-refractivity contribution in [2.24, 2.45) is 5.92 Å². The summed E-state index contributed by atoms with van der Waals surface area (Å²) in [7, 11) is 1.56. The molecule has 1 aromatic carbocycles. The van der Waals surface area contributed by atoms with E-state index in [1.807, 2.05) is 0 Å². The van der Waals surface area contributed by atoms with Gasteiger partial charge in [-0.05, 0) is 25.3 Å². The lowest BCUT2D eigenvalue weighted by Crippen LogP contribution is -2.57. The van der Waals surface area contributed by atoms with Gasteiger partial charge in [-0.2, -0.15) is 0 Å². The van der Waals surface area contributed by atoms with Gasteiger partial charge in [-0.25, -0.2) is 9.18 Å². The van der Waals surface area contributed by atoms with Crippen LogP contribution in [0.25, 0.3) is 0 Å². The lowest BCUT2D eigenvalue weighted by molar-refractivity contribution is -0.274. The Morgan fingerprint density at radius 2 is 1.97 bits per heavy atom. The Morgan fingerprint density at radius 3 is 2.56 bits per heavy atom. The minimum atomic E-state index is -4.93. The van der Waals surface area contributed by atoms with Crippen LogP contribution in [0.3, 0.4) is 0 Å². The number of carbonyl (C=O) groups excluding carboxylic acids is 2. The summed E-state index contributed by atoms with van der Waals surface area (Å²) in [6, 6.07) is 2.01. The Hall–Kier alpha value is -2.60. The number of rotatable bonds is 9. The normalized spacial score (nSPS) is 20.7. The second-order valence-electron chi connectivity index (χ2n) is 8.58. The maximum Gasteiger partial charge on any atom is 0.573 e. The third-order valence-corrected chi connectivity index (χ3v) is 5.85. The van der Waals surface area contributed by atoms with Crippen LogP contribution in [0, 0.1) is 11.7 Å². The highest BCUT2D eigenvalue weighted by Gasteiger charge is 2.41. The summed E-state index contributed by atoms with van der Waals surface area (Å²) >= 11 is 0. The van der Waals surface area contributed by atoms with Crippen LogP contribution in [0.1, 0.15) is 31.2 Å². The largest absolute Gasteiger partial charge is 0.573 e. The van der Waals surface area contributed by atoms with Crippen LogP contribution in [-0.2, 0) is 16.1 Å². The zero-order valence-electron chi connectivity index (χ0n) is 18.8. The maximum atomic E-state index is 14.3. The van der Waals surface area contributed by atoms with Gasteiger partial charge >= 0.3 is 12.4 Å². The Balaban J connectivity index is 1.67. The zero-order chi connectivity index (χ0) is 24.9. The molecule has 0 radical (unpaired) electrons. The van der Waals surface area contributed by atoms with E-state index in [0.29, 0.717) is 32.2 Å². The van der Waals surface area contributed by atoms with E-state index in [1.165, 1.54) is 0 Å². The second kappa shape index (κ2) is 11.2. The summed E-state index contributed by atoms with van der Waals surface area (Å²) in [5, 5.41) is 11.8. The van der Waals surface area contributed by atoms with Crippen molar-refractivity contribution in [2.75, 3.05) is 33.4 Å². The molecule has 12 heteroatoms. The predicted octanol–water partition coefficient (Wildman–Crippen LogP) is 2.64. The quantitative estimate of drug-likeness (QED) is 0.519. The number of carbonyl (C=O) groups is 2. The summed E-state index contributed by atoms with van der Waals surface area (Å²) in [5.41, 5.74) is 0.0132. The number of alkyl halides is 3. The van der Waals surface area contributed by atoms with E-state index < -0.39 is 24.0 Å². The second-order valence-corrected chi connectivity index (χ2v) is 8.58. The Morgan fingerprint density at radius 1 is 1.24 bits per heavy atom. The number of hydrogen-bond donors (Lipinski definition) is 2. The van der Waals surface area contributed by atoms with Crippen LogP contribution in [0.4, 0.5) is 22.4 Å². The number of piperidine rings is 1. The fraction of sp³-hybridized carbons (Fsp3) is 0.636. The smallest absolute Gasteiger partial charge is 0.406 e. The number of likely N-dealkylation sites (tertiary alicyclic amines) is 1. The van der Waals surface area contributed by atoms with E-state index in [-0.39, 0.29) is 49.0 Å². The van der Waals surface area contributed by atoms with Gasteiger partial charge in [0.25, 0.3) is 0 Å². The van der Waals surface area contributed by atoms with E-state index in [1.54, 1.807) is 16.9 Å². The average Bonchev–Trinajstić information content (AvgIpc) is 3.57. The van der Waals surface area contributed by atoms with Crippen molar-refractivity contribution in [3.8, 4) is 5.75 Å². The fourth-order valence-corrected chi connectivity index (χ4v) is 4.30. The molecule has 2 atom stereocenters. The molecule has 1 aliphatic carbocycles. The molecule has 3 amide bonds. The van der Waals surface area contributed by atoms with Crippen LogP contribution < -0.4 is 10.1 Å². The van der Waals surface area contributed by atoms with Crippen molar-refractivity contribution in [1.29, 1.82) is 0 Å². The SMILES string of the molecule is COCC1CC(N(C(=O)NCc2ccc(OC(F)(F)F)cc2F)C2CC2)CN(C(=O)CCO)C1. The molecule has 0 bridgehead atoms. The highest BCUT2D eigenvalue weighted by atomic mass is 19.4. The molecule has 1 heterocycles. The van der Waals surface area contributed by atoms with Gasteiger partial charge in [0.15, 0.2) is 0 Å². The molecular formula is C22H29F4N3O5. The summed E-state index contributed by atoms with van der Waals surface area (Å²) in [6.45, 7) is 0.723. The first kappa shape index (κ1) is 26.0. The molecule has 2 fully saturated rings. The third-order valence-electron chi connectivity index (χ3n) is 5.85. The molecule has 190 valence electrons. The number of nitrogens with one attached hydrogen (secondary N) is 1. The van der Waals surface area contributed by atoms with Gasteiger partial charge in [-0.15, -0.1) is 13.2 Å². The van der Waals surface area contributed by atoms with Gasteiger partial charge in [0.2, 0.25) is 5.91 Å². The Kier molecular flexibility index (Phi) is 8.58. The van der Waals surface area contributed by atoms with E-state index in [2.05, 4.69) is 10.1 Å². The number of ether oxygens (including phenoxy) is 2. The summed E-state index contributed by atoms with van der Waals surface area (Å²) in [4.78, 5) is 28.8. The van der Waals surface area contributed by atoms with E-state index in [9.17, 15) is 27.2 Å². The van der Waals surface area contributed by atoms with Crippen molar-refractivity contribution in [2.45, 2.75) is 50.7 Å². The molecule has 1 aromatic rings. The Bertz CT molecular complexity index is 865. The average molecular weight is 491 g/mol. The van der Waals surface area contributed by atoms with Crippen molar-refractivity contribution in [3.63, 3.8) is 0 Å². The molecule has 2 unspecified atom stereocenters. The number of halogens is 4. The molecule has 0 spiro atoms. The number of amides is 3. The molecule has 8 nitrogen and oxygen atoms in total. The number of aliphatic hydroxyl groups is 1. The molecule has 34 heavy (non-hydrogen) atoms. The number of aliphatic hydroxyl groups excluding tert-OH is 1. The van der Waals surface area contributed by atoms with Crippen LogP contribution in [0.2, 0.25) is 0 Å². The van der Waals surface area contributed by atoms with Crippen LogP contribution in [-0.4, -0.2) is 78.7 Å². The summed E-state index contributed by atoms with van der Waals surface area (Å²) < 4.78 is 60.2. The summed E-state index contributed by atoms with van der Waals surface area (Å²) in [5.74, 6) is -1.80. The van der Waals surface area contributed by atoms with Gasteiger partial charge < -0.3 is 29.7 Å². The number of hydrogen-bond acceptors (Lipinski definition) is 5. The molecule has 2 aliphatic rings. The number of benzene rings is 1. The van der Waals surface area contributed by atoms with E-state index in [4.69, 9.17) is 9.84 Å². The standard InChI is InChI=1S/C22H29F4N3O5/c1-33-13-14-8-17(12-28(11-14)20(31)6-7-30)29(16-3-4-16)21(32)27-10-15-2-5-18(9-19(15)23)34-22(24,25)26/h2,5,9,14,16-17,30H,3-4,6-8,10-13H2,1H3,(H,27,32). The zero-order valence-corrected chi connectivity index (χ0v) is 18.8. The molecular weight excluding hydrogens is 462 g/mol. The molecule has 3 rings (SSSR count). The fourth-order valence-electron chi connectivity index (χ4n) is 4.30. The first-order valence-electron chi connectivity index (χ1n) is 11.1. The third kappa shape index (κ3) is 7.20. The van der Waals surface area contributed by atoms with Crippen LogP contribution in [0.15, 0.2) is 18.2 Å². The topological polar surface area (TPSA) is 91.3 Å². The van der Waals surface area contributed by atoms with Gasteiger partial charge in [0.1, 0.15) is 11.6 Å². The molecule has 1 aliphatic heterocycles. The van der Waals surface area contributed by atoms with Crippen molar-refractivity contribution in [1.82, 2.24) is 15.1 Å². The first-order chi connectivity index (χ1) is 16.1. The van der Waals surface area contributed by atoms with Gasteiger partial charge in [-0.3, -0.25) is 4.79 Å². The van der Waals surface area contributed by atoms with Crippen molar-refractivity contribution in [3.05, 3.63) is 29.6 Å². The molecule has 0 aromatic heterocycles. The van der Waals surface area contributed by atoms with Crippen LogP contribution >= 0.6 is 0 Å². The maximum absolute atomic E-state index is 14.3. The van der Waals surface area contributed by atoms with Crippen molar-refractivity contribution < 1.29 is 41.7 Å². The highest BCUT2D eigenvalue weighted by molar-refractivity contribution is 5.77. The van der Waals surface area contributed by atoms with E-state index in [0.717, 1.165) is 25.0 Å². The monoisotopic (exact) mass is 491 g/mol. The molecule has 1 saturated carbocycles. The Labute approximate surface area is 194 Å². The molecule has 1 saturated heterocycles. The molecule has 2 N–H and O–H groups in total. The van der Waals surface area contributed by atoms with Crippen LogP contribution in [0.5, 0.6) is 5.75 Å². The van der Waals surface area contributed by atoms with Gasteiger partial charge in [0, 0.05) is 56.8 Å². The predicted molar refractivity (Wildman–Crippen MR) is 112 cm³/mol. The van der Waals surface area contributed by atoms with Gasteiger partial charge in [0.05, 0.1) is 19.3 Å². The highest BCUT2D eigenvalue weighted by Crippen LogP contribution is 2.33. The minimum absolute atomic E-state index is 0.00459. The minimum Gasteiger partial charge on any atom is -0.406 e. The van der Waals surface area contributed by atoms with E-state index >= 15 is 0 Å². The first-order valence-corrected chi connectivity index (χ1v) is 11.1. The number of urea groups is 1.